The Morgan fingerprint density at radius 2 is 1.61 bits per heavy atom. The van der Waals surface area contributed by atoms with Crippen LogP contribution >= 0.6 is 0 Å². The average molecular weight is 438 g/mol. The summed E-state index contributed by atoms with van der Waals surface area (Å²) in [5.41, 5.74) is 0.893. The molecule has 3 aromatic rings. The van der Waals surface area contributed by atoms with Gasteiger partial charge in [-0.1, -0.05) is 39.0 Å². The molecule has 7 heteroatoms. The van der Waals surface area contributed by atoms with Crippen LogP contribution in [0.15, 0.2) is 54.6 Å². The summed E-state index contributed by atoms with van der Waals surface area (Å²) in [6.45, 7) is 10.9. The highest BCUT2D eigenvalue weighted by Crippen LogP contribution is 2.39. The van der Waals surface area contributed by atoms with Crippen molar-refractivity contribution in [2.75, 3.05) is 5.32 Å². The van der Waals surface area contributed by atoms with Crippen LogP contribution in [-0.2, 0) is 0 Å². The van der Waals surface area contributed by atoms with Gasteiger partial charge >= 0.3 is 11.9 Å². The van der Waals surface area contributed by atoms with Crippen molar-refractivity contribution in [1.29, 1.82) is 0 Å². The molecule has 3 aromatic carbocycles. The van der Waals surface area contributed by atoms with Gasteiger partial charge in [-0.2, -0.15) is 0 Å². The van der Waals surface area contributed by atoms with E-state index in [0.717, 1.165) is 16.5 Å². The topological polar surface area (TPSA) is 95.9 Å². The summed E-state index contributed by atoms with van der Waals surface area (Å²) in [5.74, 6) is -1.50. The van der Waals surface area contributed by atoms with E-state index < -0.39 is 20.3 Å². The lowest BCUT2D eigenvalue weighted by Crippen LogP contribution is -2.43. The summed E-state index contributed by atoms with van der Waals surface area (Å²) < 4.78 is 6.43. The largest absolute Gasteiger partial charge is 0.543 e. The van der Waals surface area contributed by atoms with Gasteiger partial charge in [0.1, 0.15) is 5.75 Å². The van der Waals surface area contributed by atoms with E-state index in [-0.39, 0.29) is 21.9 Å². The van der Waals surface area contributed by atoms with Crippen molar-refractivity contribution in [3.8, 4) is 5.75 Å². The first-order valence-electron chi connectivity index (χ1n) is 9.98. The molecule has 162 valence electrons. The van der Waals surface area contributed by atoms with Gasteiger partial charge in [-0.05, 0) is 59.9 Å². The van der Waals surface area contributed by atoms with Crippen molar-refractivity contribution in [3.63, 3.8) is 0 Å². The van der Waals surface area contributed by atoms with Gasteiger partial charge in [-0.3, -0.25) is 0 Å². The van der Waals surface area contributed by atoms with Gasteiger partial charge in [-0.25, -0.2) is 9.59 Å². The summed E-state index contributed by atoms with van der Waals surface area (Å²) in [5, 5.41) is 23.8. The van der Waals surface area contributed by atoms with Crippen molar-refractivity contribution in [2.45, 2.75) is 38.9 Å². The summed E-state index contributed by atoms with van der Waals surface area (Å²) in [7, 11) is -2.03. The van der Waals surface area contributed by atoms with Gasteiger partial charge in [0.15, 0.2) is 0 Å². The number of carboxylic acids is 2. The highest BCUT2D eigenvalue weighted by atomic mass is 28.4. The fourth-order valence-electron chi connectivity index (χ4n) is 2.98. The molecular weight excluding hydrogens is 410 g/mol. The molecule has 0 aliphatic heterocycles. The number of hydrogen-bond donors (Lipinski definition) is 3. The van der Waals surface area contributed by atoms with Crippen molar-refractivity contribution < 1.29 is 24.2 Å². The summed E-state index contributed by atoms with van der Waals surface area (Å²) >= 11 is 0. The molecular formula is C24H27NO5Si. The first-order valence-corrected chi connectivity index (χ1v) is 12.9. The fraction of sp³-hybridized carbons (Fsp3) is 0.250. The normalized spacial score (nSPS) is 11.9. The molecule has 0 radical (unpaired) electrons. The van der Waals surface area contributed by atoms with Crippen molar-refractivity contribution in [1.82, 2.24) is 0 Å². The number of fused-ring (bicyclic) bond motifs is 1. The molecule has 0 bridgehead atoms. The first-order chi connectivity index (χ1) is 14.4. The number of rotatable bonds is 6. The number of hydrogen-bond acceptors (Lipinski definition) is 4. The van der Waals surface area contributed by atoms with E-state index in [9.17, 15) is 19.8 Å². The molecule has 0 aromatic heterocycles. The smallest absolute Gasteiger partial charge is 0.337 e. The average Bonchev–Trinajstić information content (AvgIpc) is 2.67. The molecule has 0 amide bonds. The number of carbonyl (C=O) groups is 2. The second kappa shape index (κ2) is 8.07. The third-order valence-corrected chi connectivity index (χ3v) is 10.2. The van der Waals surface area contributed by atoms with Crippen LogP contribution in [0, 0.1) is 0 Å². The molecule has 0 aliphatic carbocycles. The Hall–Kier alpha value is -3.32. The fourth-order valence-corrected chi connectivity index (χ4v) is 4.01. The van der Waals surface area contributed by atoms with E-state index in [4.69, 9.17) is 4.43 Å². The maximum atomic E-state index is 11.7. The molecule has 0 atom stereocenters. The van der Waals surface area contributed by atoms with Crippen LogP contribution in [0.3, 0.4) is 0 Å². The van der Waals surface area contributed by atoms with E-state index in [2.05, 4.69) is 39.2 Å². The van der Waals surface area contributed by atoms with Crippen LogP contribution in [0.1, 0.15) is 41.5 Å². The van der Waals surface area contributed by atoms with E-state index in [0.29, 0.717) is 5.69 Å². The molecule has 0 aliphatic rings. The van der Waals surface area contributed by atoms with Crippen molar-refractivity contribution in [3.05, 3.63) is 65.7 Å². The summed E-state index contributed by atoms with van der Waals surface area (Å²) in [6.07, 6.45) is 0. The maximum Gasteiger partial charge on any atom is 0.337 e. The molecule has 0 saturated carbocycles. The molecule has 0 unspecified atom stereocenters. The van der Waals surface area contributed by atoms with Crippen molar-refractivity contribution in [2.24, 2.45) is 0 Å². The van der Waals surface area contributed by atoms with Crippen LogP contribution in [0.4, 0.5) is 11.4 Å². The van der Waals surface area contributed by atoms with Crippen LogP contribution in [0.2, 0.25) is 18.1 Å². The molecule has 3 N–H and O–H groups in total. The Balaban J connectivity index is 2.07. The lowest BCUT2D eigenvalue weighted by atomic mass is 10.1. The molecule has 0 saturated heterocycles. The predicted octanol–water partition coefficient (Wildman–Crippen LogP) is 6.36. The maximum absolute atomic E-state index is 11.7. The van der Waals surface area contributed by atoms with Crippen LogP contribution < -0.4 is 9.74 Å². The zero-order valence-corrected chi connectivity index (χ0v) is 19.3. The quantitative estimate of drug-likeness (QED) is 0.388. The van der Waals surface area contributed by atoms with Crippen molar-refractivity contribution >= 4 is 42.4 Å². The SMILES string of the molecule is CC(C)(C)[Si](C)(C)Oc1ccc2cccc(Nc3cc(C(=O)O)ccc3C(=O)O)c2c1. The Labute approximate surface area is 182 Å². The first kappa shape index (κ1) is 22.4. The zero-order chi connectivity index (χ0) is 23.0. The van der Waals surface area contributed by atoms with Gasteiger partial charge in [-0.15, -0.1) is 0 Å². The van der Waals surface area contributed by atoms with E-state index in [1.807, 2.05) is 36.4 Å². The Morgan fingerprint density at radius 1 is 0.903 bits per heavy atom. The van der Waals surface area contributed by atoms with E-state index >= 15 is 0 Å². The highest BCUT2D eigenvalue weighted by molar-refractivity contribution is 6.74. The Kier molecular flexibility index (Phi) is 5.82. The van der Waals surface area contributed by atoms with Crippen LogP contribution in [0.5, 0.6) is 5.75 Å². The lowest BCUT2D eigenvalue weighted by Gasteiger charge is -2.36. The third kappa shape index (κ3) is 4.72. The Bertz CT molecular complexity index is 1160. The molecule has 0 spiro atoms. The zero-order valence-electron chi connectivity index (χ0n) is 18.3. The number of anilines is 2. The molecule has 0 fully saturated rings. The standard InChI is InChI=1S/C24H27NO5Si/c1-24(2,3)31(4,5)30-17-11-9-15-7-6-8-20(19(15)14-17)25-21-13-16(22(26)27)10-12-18(21)23(28)29/h6-14,25H,1-5H3,(H,26,27)(H,28,29). The second-order valence-electron chi connectivity index (χ2n) is 9.05. The minimum atomic E-state index is -2.03. The number of benzene rings is 3. The van der Waals surface area contributed by atoms with E-state index in [1.165, 1.54) is 18.2 Å². The molecule has 6 nitrogen and oxygen atoms in total. The van der Waals surface area contributed by atoms with Gasteiger partial charge in [0.2, 0.25) is 8.32 Å². The highest BCUT2D eigenvalue weighted by Gasteiger charge is 2.39. The Morgan fingerprint density at radius 3 is 2.23 bits per heavy atom. The van der Waals surface area contributed by atoms with Gasteiger partial charge in [0, 0.05) is 11.1 Å². The van der Waals surface area contributed by atoms with E-state index in [1.54, 1.807) is 0 Å². The number of nitrogens with one attached hydrogen (secondary N) is 1. The number of aromatic carboxylic acids is 2. The number of carboxylic acid groups (broad SMARTS) is 2. The van der Waals surface area contributed by atoms with Gasteiger partial charge in [0.05, 0.1) is 16.8 Å². The lowest BCUT2D eigenvalue weighted by molar-refractivity contribution is 0.0682. The minimum Gasteiger partial charge on any atom is -0.543 e. The summed E-state index contributed by atoms with van der Waals surface area (Å²) in [4.78, 5) is 23.0. The molecule has 3 rings (SSSR count). The third-order valence-electron chi connectivity index (χ3n) is 5.80. The summed E-state index contributed by atoms with van der Waals surface area (Å²) in [6, 6.07) is 15.4. The van der Waals surface area contributed by atoms with Crippen LogP contribution in [-0.4, -0.2) is 30.5 Å². The minimum absolute atomic E-state index is 0.00400. The second-order valence-corrected chi connectivity index (χ2v) is 13.8. The molecule has 31 heavy (non-hydrogen) atoms. The van der Waals surface area contributed by atoms with Gasteiger partial charge in [0.25, 0.3) is 0 Å². The molecule has 0 heterocycles. The predicted molar refractivity (Wildman–Crippen MR) is 125 cm³/mol. The van der Waals surface area contributed by atoms with Gasteiger partial charge < -0.3 is 20.0 Å². The monoisotopic (exact) mass is 437 g/mol. The van der Waals surface area contributed by atoms with Crippen LogP contribution in [0.25, 0.3) is 10.8 Å².